The molecule has 0 radical (unpaired) electrons. The van der Waals surface area contributed by atoms with Crippen molar-refractivity contribution in [1.82, 2.24) is 9.38 Å². The molecule has 0 amide bonds. The number of anilines is 1. The third-order valence-electron chi connectivity index (χ3n) is 4.75. The van der Waals surface area contributed by atoms with E-state index in [9.17, 15) is 0 Å². The van der Waals surface area contributed by atoms with Crippen LogP contribution in [0.4, 0.5) is 5.69 Å². The number of aromatic nitrogens is 2. The number of aryl methyl sites for hydroxylation is 4. The van der Waals surface area contributed by atoms with Crippen LogP contribution in [-0.2, 0) is 12.8 Å². The number of nitrogens with two attached hydrogens (primary N) is 1. The highest BCUT2D eigenvalue weighted by Crippen LogP contribution is 2.30. The minimum atomic E-state index is 0.743. The first-order chi connectivity index (χ1) is 10.6. The predicted octanol–water partition coefficient (Wildman–Crippen LogP) is 4.08. The van der Waals surface area contributed by atoms with Crippen LogP contribution in [0.3, 0.4) is 0 Å². The number of nitrogen functional groups attached to an aromatic ring is 1. The Labute approximate surface area is 130 Å². The summed E-state index contributed by atoms with van der Waals surface area (Å²) in [6.45, 7) is 4.18. The lowest BCUT2D eigenvalue weighted by Gasteiger charge is -2.16. The normalized spacial score (nSPS) is 14.3. The molecule has 112 valence electrons. The lowest BCUT2D eigenvalue weighted by molar-refractivity contribution is 0.686. The van der Waals surface area contributed by atoms with E-state index >= 15 is 0 Å². The lowest BCUT2D eigenvalue weighted by atomic mass is 9.90. The van der Waals surface area contributed by atoms with Crippen LogP contribution in [0.1, 0.15) is 35.2 Å². The van der Waals surface area contributed by atoms with Crippen molar-refractivity contribution in [3.63, 3.8) is 0 Å². The van der Waals surface area contributed by atoms with Gasteiger partial charge in [0.2, 0.25) is 0 Å². The van der Waals surface area contributed by atoms with Gasteiger partial charge in [-0.1, -0.05) is 12.1 Å². The summed E-state index contributed by atoms with van der Waals surface area (Å²) >= 11 is 0. The van der Waals surface area contributed by atoms with Gasteiger partial charge in [0.25, 0.3) is 0 Å². The zero-order valence-corrected chi connectivity index (χ0v) is 13.2. The third kappa shape index (κ3) is 2.00. The number of nitrogens with zero attached hydrogens (tertiary/aromatic N) is 2. The first-order valence-corrected chi connectivity index (χ1v) is 8.00. The molecule has 0 aliphatic heterocycles. The van der Waals surface area contributed by atoms with Crippen molar-refractivity contribution >= 4 is 11.3 Å². The Balaban J connectivity index is 1.91. The molecule has 1 aliphatic rings. The van der Waals surface area contributed by atoms with E-state index in [1.807, 2.05) is 6.07 Å². The third-order valence-corrected chi connectivity index (χ3v) is 4.75. The SMILES string of the molecule is Cc1cc(N)c2nc(-c3ccc4c(c3)CCCC4)c(C)n2c1. The molecule has 22 heavy (non-hydrogen) atoms. The molecule has 2 N–H and O–H groups in total. The van der Waals surface area contributed by atoms with Gasteiger partial charge in [-0.25, -0.2) is 4.98 Å². The molecule has 2 heterocycles. The van der Waals surface area contributed by atoms with Gasteiger partial charge in [0.15, 0.2) is 5.65 Å². The smallest absolute Gasteiger partial charge is 0.160 e. The minimum absolute atomic E-state index is 0.743. The Morgan fingerprint density at radius 3 is 2.64 bits per heavy atom. The first kappa shape index (κ1) is 13.4. The number of hydrogen-bond acceptors (Lipinski definition) is 2. The van der Waals surface area contributed by atoms with Gasteiger partial charge in [0.1, 0.15) is 0 Å². The molecule has 0 saturated carbocycles. The summed E-state index contributed by atoms with van der Waals surface area (Å²) in [5, 5.41) is 0. The van der Waals surface area contributed by atoms with E-state index in [2.05, 4.69) is 42.6 Å². The number of benzene rings is 1. The number of fused-ring (bicyclic) bond motifs is 2. The minimum Gasteiger partial charge on any atom is -0.396 e. The molecule has 3 aromatic rings. The summed E-state index contributed by atoms with van der Waals surface area (Å²) in [6, 6.07) is 8.80. The molecule has 2 aromatic heterocycles. The Bertz CT molecular complexity index is 874. The van der Waals surface area contributed by atoms with Crippen molar-refractivity contribution in [2.24, 2.45) is 0 Å². The molecule has 3 heteroatoms. The van der Waals surface area contributed by atoms with Crippen LogP contribution in [0.5, 0.6) is 0 Å². The van der Waals surface area contributed by atoms with Crippen LogP contribution in [-0.4, -0.2) is 9.38 Å². The van der Waals surface area contributed by atoms with E-state index in [0.717, 1.165) is 28.3 Å². The molecular weight excluding hydrogens is 270 g/mol. The van der Waals surface area contributed by atoms with Gasteiger partial charge in [-0.3, -0.25) is 0 Å². The fraction of sp³-hybridized carbons (Fsp3) is 0.316. The van der Waals surface area contributed by atoms with Gasteiger partial charge in [-0.15, -0.1) is 0 Å². The Morgan fingerprint density at radius 2 is 1.82 bits per heavy atom. The monoisotopic (exact) mass is 291 g/mol. The van der Waals surface area contributed by atoms with E-state index < -0.39 is 0 Å². The van der Waals surface area contributed by atoms with E-state index in [1.54, 1.807) is 0 Å². The Hall–Kier alpha value is -2.29. The van der Waals surface area contributed by atoms with Crippen molar-refractivity contribution in [3.8, 4) is 11.3 Å². The topological polar surface area (TPSA) is 43.3 Å². The van der Waals surface area contributed by atoms with Crippen LogP contribution in [0.2, 0.25) is 0 Å². The fourth-order valence-electron chi connectivity index (χ4n) is 3.58. The second kappa shape index (κ2) is 4.87. The zero-order chi connectivity index (χ0) is 15.3. The number of hydrogen-bond donors (Lipinski definition) is 1. The second-order valence-electron chi connectivity index (χ2n) is 6.40. The molecule has 3 nitrogen and oxygen atoms in total. The standard InChI is InChI=1S/C19H21N3/c1-12-9-17(20)19-21-18(13(2)22(19)11-12)16-8-7-14-5-3-4-6-15(14)10-16/h7-11H,3-6,20H2,1-2H3. The largest absolute Gasteiger partial charge is 0.396 e. The summed E-state index contributed by atoms with van der Waals surface area (Å²) < 4.78 is 2.11. The van der Waals surface area contributed by atoms with Gasteiger partial charge < -0.3 is 10.1 Å². The average Bonchev–Trinajstić information content (AvgIpc) is 2.84. The molecule has 0 unspecified atom stereocenters. The quantitative estimate of drug-likeness (QED) is 0.734. The summed E-state index contributed by atoms with van der Waals surface area (Å²) in [5.41, 5.74) is 15.3. The maximum atomic E-state index is 6.14. The lowest BCUT2D eigenvalue weighted by Crippen LogP contribution is -2.02. The second-order valence-corrected chi connectivity index (χ2v) is 6.40. The maximum absolute atomic E-state index is 6.14. The van der Waals surface area contributed by atoms with Crippen molar-refractivity contribution in [2.45, 2.75) is 39.5 Å². The highest BCUT2D eigenvalue weighted by Gasteiger charge is 2.15. The first-order valence-electron chi connectivity index (χ1n) is 8.00. The molecule has 0 saturated heterocycles. The van der Waals surface area contributed by atoms with E-state index in [0.29, 0.717) is 0 Å². The van der Waals surface area contributed by atoms with Crippen LogP contribution < -0.4 is 5.73 Å². The Kier molecular flexibility index (Phi) is 2.96. The summed E-state index contributed by atoms with van der Waals surface area (Å²) in [5.74, 6) is 0. The molecule has 0 spiro atoms. The average molecular weight is 291 g/mol. The van der Waals surface area contributed by atoms with Gasteiger partial charge >= 0.3 is 0 Å². The van der Waals surface area contributed by atoms with E-state index in [4.69, 9.17) is 10.7 Å². The van der Waals surface area contributed by atoms with Gasteiger partial charge in [0.05, 0.1) is 11.4 Å². The van der Waals surface area contributed by atoms with Crippen molar-refractivity contribution in [1.29, 1.82) is 0 Å². The summed E-state index contributed by atoms with van der Waals surface area (Å²) in [6.07, 6.45) is 7.13. The molecule has 0 bridgehead atoms. The summed E-state index contributed by atoms with van der Waals surface area (Å²) in [7, 11) is 0. The van der Waals surface area contributed by atoms with Gasteiger partial charge in [-0.05, 0) is 68.4 Å². The summed E-state index contributed by atoms with van der Waals surface area (Å²) in [4.78, 5) is 4.81. The van der Waals surface area contributed by atoms with Crippen LogP contribution in [0, 0.1) is 13.8 Å². The zero-order valence-electron chi connectivity index (χ0n) is 13.2. The molecule has 4 rings (SSSR count). The molecule has 0 atom stereocenters. The maximum Gasteiger partial charge on any atom is 0.160 e. The molecule has 0 fully saturated rings. The van der Waals surface area contributed by atoms with Crippen molar-refractivity contribution in [3.05, 3.63) is 52.8 Å². The van der Waals surface area contributed by atoms with E-state index in [1.165, 1.54) is 42.4 Å². The highest BCUT2D eigenvalue weighted by molar-refractivity contribution is 5.74. The van der Waals surface area contributed by atoms with Crippen LogP contribution in [0.25, 0.3) is 16.9 Å². The van der Waals surface area contributed by atoms with Crippen LogP contribution in [0.15, 0.2) is 30.5 Å². The van der Waals surface area contributed by atoms with Crippen molar-refractivity contribution in [2.75, 3.05) is 5.73 Å². The number of imidazole rings is 1. The van der Waals surface area contributed by atoms with E-state index in [-0.39, 0.29) is 0 Å². The highest BCUT2D eigenvalue weighted by atomic mass is 15.0. The number of rotatable bonds is 1. The van der Waals surface area contributed by atoms with Crippen molar-refractivity contribution < 1.29 is 0 Å². The number of pyridine rings is 1. The molecular formula is C19H21N3. The predicted molar refractivity (Wildman–Crippen MR) is 91.2 cm³/mol. The molecule has 1 aromatic carbocycles. The molecule has 1 aliphatic carbocycles. The van der Waals surface area contributed by atoms with Crippen LogP contribution >= 0.6 is 0 Å². The van der Waals surface area contributed by atoms with Gasteiger partial charge in [0, 0.05) is 17.5 Å². The van der Waals surface area contributed by atoms with Gasteiger partial charge in [-0.2, -0.15) is 0 Å². The Morgan fingerprint density at radius 1 is 1.05 bits per heavy atom. The fourth-order valence-corrected chi connectivity index (χ4v) is 3.58.